The normalized spacial score (nSPS) is 9.75. The van der Waals surface area contributed by atoms with Crippen LogP contribution in [-0.4, -0.2) is 14.8 Å². The summed E-state index contributed by atoms with van der Waals surface area (Å²) < 4.78 is 7.15. The van der Waals surface area contributed by atoms with E-state index in [1.165, 1.54) is 6.33 Å². The van der Waals surface area contributed by atoms with Gasteiger partial charge in [0.2, 0.25) is 0 Å². The standard InChI is InChI=1S/C11H10N4O/c1-15-11(13-8-14-15)7-16-10-4-2-9(6-12)3-5-10/h2-5,8H,7H2,1H3. The lowest BCUT2D eigenvalue weighted by molar-refractivity contribution is 0.290. The highest BCUT2D eigenvalue weighted by molar-refractivity contribution is 5.34. The summed E-state index contributed by atoms with van der Waals surface area (Å²) in [6.45, 7) is 0.363. The fraction of sp³-hybridized carbons (Fsp3) is 0.182. The minimum atomic E-state index is 0.363. The first-order valence-electron chi connectivity index (χ1n) is 4.75. The van der Waals surface area contributed by atoms with Crippen molar-refractivity contribution in [2.75, 3.05) is 0 Å². The van der Waals surface area contributed by atoms with Gasteiger partial charge >= 0.3 is 0 Å². The molecule has 0 aliphatic carbocycles. The number of hydrogen-bond acceptors (Lipinski definition) is 4. The van der Waals surface area contributed by atoms with Gasteiger partial charge in [-0.1, -0.05) is 0 Å². The number of hydrogen-bond donors (Lipinski definition) is 0. The highest BCUT2D eigenvalue weighted by Gasteiger charge is 2.01. The van der Waals surface area contributed by atoms with Crippen LogP contribution in [0.4, 0.5) is 0 Å². The fourth-order valence-electron chi connectivity index (χ4n) is 1.22. The summed E-state index contributed by atoms with van der Waals surface area (Å²) in [5.41, 5.74) is 0.617. The lowest BCUT2D eigenvalue weighted by Crippen LogP contribution is -2.04. The van der Waals surface area contributed by atoms with Crippen LogP contribution in [-0.2, 0) is 13.7 Å². The quantitative estimate of drug-likeness (QED) is 0.771. The van der Waals surface area contributed by atoms with Crippen LogP contribution < -0.4 is 4.74 Å². The predicted molar refractivity (Wildman–Crippen MR) is 56.5 cm³/mol. The Morgan fingerprint density at radius 3 is 2.69 bits per heavy atom. The van der Waals surface area contributed by atoms with Crippen molar-refractivity contribution < 1.29 is 4.74 Å². The Morgan fingerprint density at radius 1 is 1.38 bits per heavy atom. The molecule has 1 aromatic carbocycles. The molecule has 0 bridgehead atoms. The third-order valence-corrected chi connectivity index (χ3v) is 2.16. The molecule has 16 heavy (non-hydrogen) atoms. The molecular formula is C11H10N4O. The topological polar surface area (TPSA) is 63.7 Å². The van der Waals surface area contributed by atoms with Crippen molar-refractivity contribution in [3.05, 3.63) is 42.0 Å². The van der Waals surface area contributed by atoms with Crippen molar-refractivity contribution >= 4 is 0 Å². The molecule has 0 aliphatic heterocycles. The summed E-state index contributed by atoms with van der Waals surface area (Å²) in [6.07, 6.45) is 1.48. The molecule has 0 saturated carbocycles. The zero-order chi connectivity index (χ0) is 11.4. The highest BCUT2D eigenvalue weighted by atomic mass is 16.5. The van der Waals surface area contributed by atoms with Gasteiger partial charge in [0.05, 0.1) is 11.6 Å². The molecule has 2 rings (SSSR count). The van der Waals surface area contributed by atoms with E-state index in [1.54, 1.807) is 28.9 Å². The van der Waals surface area contributed by atoms with E-state index in [0.29, 0.717) is 17.9 Å². The number of nitrogens with zero attached hydrogens (tertiary/aromatic N) is 4. The molecule has 0 aliphatic rings. The summed E-state index contributed by atoms with van der Waals surface area (Å²) >= 11 is 0. The Balaban J connectivity index is 2.00. The molecule has 0 fully saturated rings. The largest absolute Gasteiger partial charge is 0.486 e. The summed E-state index contributed by atoms with van der Waals surface area (Å²) in [5.74, 6) is 1.46. The molecule has 0 amide bonds. The van der Waals surface area contributed by atoms with E-state index in [2.05, 4.69) is 16.2 Å². The monoisotopic (exact) mass is 214 g/mol. The lowest BCUT2D eigenvalue weighted by Gasteiger charge is -2.04. The van der Waals surface area contributed by atoms with Gasteiger partial charge in [0.1, 0.15) is 18.7 Å². The molecule has 80 valence electrons. The zero-order valence-electron chi connectivity index (χ0n) is 8.79. The Hall–Kier alpha value is -2.35. The van der Waals surface area contributed by atoms with E-state index < -0.39 is 0 Å². The van der Waals surface area contributed by atoms with Gasteiger partial charge in [0, 0.05) is 7.05 Å². The molecule has 0 N–H and O–H groups in total. The van der Waals surface area contributed by atoms with Gasteiger partial charge in [-0.3, -0.25) is 4.68 Å². The highest BCUT2D eigenvalue weighted by Crippen LogP contribution is 2.12. The molecule has 1 heterocycles. The van der Waals surface area contributed by atoms with Gasteiger partial charge in [-0.2, -0.15) is 10.4 Å². The second kappa shape index (κ2) is 4.45. The van der Waals surface area contributed by atoms with Crippen LogP contribution >= 0.6 is 0 Å². The minimum Gasteiger partial charge on any atom is -0.486 e. The predicted octanol–water partition coefficient (Wildman–Crippen LogP) is 1.27. The first kappa shape index (κ1) is 10.2. The molecule has 0 unspecified atom stereocenters. The molecule has 0 radical (unpaired) electrons. The Morgan fingerprint density at radius 2 is 2.12 bits per heavy atom. The molecule has 5 nitrogen and oxygen atoms in total. The van der Waals surface area contributed by atoms with Crippen LogP contribution in [0.3, 0.4) is 0 Å². The number of rotatable bonds is 3. The van der Waals surface area contributed by atoms with Crippen molar-refractivity contribution in [1.29, 1.82) is 5.26 Å². The van der Waals surface area contributed by atoms with E-state index in [9.17, 15) is 0 Å². The van der Waals surface area contributed by atoms with Gasteiger partial charge in [-0.05, 0) is 24.3 Å². The molecule has 5 heteroatoms. The van der Waals surface area contributed by atoms with Crippen LogP contribution in [0, 0.1) is 11.3 Å². The van der Waals surface area contributed by atoms with Gasteiger partial charge in [-0.25, -0.2) is 4.98 Å². The van der Waals surface area contributed by atoms with Crippen LogP contribution in [0.2, 0.25) is 0 Å². The van der Waals surface area contributed by atoms with E-state index >= 15 is 0 Å². The van der Waals surface area contributed by atoms with E-state index in [1.807, 2.05) is 7.05 Å². The average Bonchev–Trinajstić information content (AvgIpc) is 2.73. The van der Waals surface area contributed by atoms with Crippen molar-refractivity contribution in [2.45, 2.75) is 6.61 Å². The Labute approximate surface area is 92.9 Å². The average molecular weight is 214 g/mol. The number of nitriles is 1. The number of aromatic nitrogens is 3. The SMILES string of the molecule is Cn1ncnc1COc1ccc(C#N)cc1. The van der Waals surface area contributed by atoms with Gasteiger partial charge in [-0.15, -0.1) is 0 Å². The van der Waals surface area contributed by atoms with Gasteiger partial charge < -0.3 is 4.74 Å². The lowest BCUT2D eigenvalue weighted by atomic mass is 10.2. The molecular weight excluding hydrogens is 204 g/mol. The van der Waals surface area contributed by atoms with Gasteiger partial charge in [0.25, 0.3) is 0 Å². The van der Waals surface area contributed by atoms with Crippen LogP contribution in [0.5, 0.6) is 5.75 Å². The van der Waals surface area contributed by atoms with Crippen LogP contribution in [0.15, 0.2) is 30.6 Å². The maximum atomic E-state index is 8.63. The van der Waals surface area contributed by atoms with Crippen molar-refractivity contribution in [3.8, 4) is 11.8 Å². The Kier molecular flexibility index (Phi) is 2.83. The Bertz CT molecular complexity index is 510. The second-order valence-corrected chi connectivity index (χ2v) is 3.22. The maximum absolute atomic E-state index is 8.63. The van der Waals surface area contributed by atoms with Crippen molar-refractivity contribution in [2.24, 2.45) is 7.05 Å². The summed E-state index contributed by atoms with van der Waals surface area (Å²) in [5, 5.41) is 12.6. The first-order chi connectivity index (χ1) is 7.79. The van der Waals surface area contributed by atoms with Gasteiger partial charge in [0.15, 0.2) is 5.82 Å². The summed E-state index contributed by atoms with van der Waals surface area (Å²) in [7, 11) is 1.81. The molecule has 2 aromatic rings. The summed E-state index contributed by atoms with van der Waals surface area (Å²) in [6, 6.07) is 9.00. The fourth-order valence-corrected chi connectivity index (χ4v) is 1.22. The minimum absolute atomic E-state index is 0.363. The van der Waals surface area contributed by atoms with Crippen molar-refractivity contribution in [1.82, 2.24) is 14.8 Å². The smallest absolute Gasteiger partial charge is 0.164 e. The number of ether oxygens (including phenoxy) is 1. The van der Waals surface area contributed by atoms with E-state index in [4.69, 9.17) is 10.00 Å². The first-order valence-corrected chi connectivity index (χ1v) is 4.75. The summed E-state index contributed by atoms with van der Waals surface area (Å²) in [4.78, 5) is 4.04. The number of aryl methyl sites for hydroxylation is 1. The third-order valence-electron chi connectivity index (χ3n) is 2.16. The van der Waals surface area contributed by atoms with Crippen LogP contribution in [0.25, 0.3) is 0 Å². The number of benzene rings is 1. The molecule has 1 aromatic heterocycles. The van der Waals surface area contributed by atoms with E-state index in [0.717, 1.165) is 5.82 Å². The van der Waals surface area contributed by atoms with E-state index in [-0.39, 0.29) is 0 Å². The maximum Gasteiger partial charge on any atom is 0.164 e. The van der Waals surface area contributed by atoms with Crippen molar-refractivity contribution in [3.63, 3.8) is 0 Å². The molecule has 0 spiro atoms. The van der Waals surface area contributed by atoms with Crippen LogP contribution in [0.1, 0.15) is 11.4 Å². The zero-order valence-corrected chi connectivity index (χ0v) is 8.79. The second-order valence-electron chi connectivity index (χ2n) is 3.22. The third kappa shape index (κ3) is 2.17. The molecule has 0 atom stereocenters. The molecule has 0 saturated heterocycles.